The predicted octanol–water partition coefficient (Wildman–Crippen LogP) is 2.79. The molecule has 5 heteroatoms. The van der Waals surface area contributed by atoms with Crippen molar-refractivity contribution in [3.63, 3.8) is 0 Å². The lowest BCUT2D eigenvalue weighted by Gasteiger charge is -2.35. The molecule has 2 aliphatic rings. The highest BCUT2D eigenvalue weighted by Crippen LogP contribution is 2.20. The molecule has 0 bridgehead atoms. The number of anilines is 2. The van der Waals surface area contributed by atoms with Crippen LogP contribution in [0.25, 0.3) is 0 Å². The molecule has 0 atom stereocenters. The summed E-state index contributed by atoms with van der Waals surface area (Å²) in [6.45, 7) is 7.40. The number of benzene rings is 1. The Labute approximate surface area is 150 Å². The van der Waals surface area contributed by atoms with Crippen molar-refractivity contribution < 1.29 is 0 Å². The second kappa shape index (κ2) is 7.83. The molecule has 4 rings (SSSR count). The van der Waals surface area contributed by atoms with Gasteiger partial charge in [0.05, 0.1) is 0 Å². The standard InChI is InChI=1S/C20H27N5/c1-3-7-18(8-4-1)17-23-13-15-25(16-14-23)20-21-10-9-19(22-20)24-11-5-2-6-12-24/h1,3-4,7-10H,2,5-6,11-17H2. The first-order valence-corrected chi connectivity index (χ1v) is 9.48. The number of hydrogen-bond acceptors (Lipinski definition) is 5. The highest BCUT2D eigenvalue weighted by atomic mass is 15.3. The molecule has 2 aromatic rings. The van der Waals surface area contributed by atoms with Crippen LogP contribution in [0.1, 0.15) is 24.8 Å². The third-order valence-corrected chi connectivity index (χ3v) is 5.21. The van der Waals surface area contributed by atoms with Crippen molar-refractivity contribution in [1.29, 1.82) is 0 Å². The van der Waals surface area contributed by atoms with Crippen LogP contribution in [-0.2, 0) is 6.54 Å². The zero-order valence-electron chi connectivity index (χ0n) is 14.8. The average Bonchev–Trinajstić information content (AvgIpc) is 2.70. The van der Waals surface area contributed by atoms with Crippen LogP contribution in [0.3, 0.4) is 0 Å². The molecule has 0 saturated carbocycles. The van der Waals surface area contributed by atoms with Crippen LogP contribution in [-0.4, -0.2) is 54.1 Å². The Morgan fingerprint density at radius 2 is 1.52 bits per heavy atom. The van der Waals surface area contributed by atoms with E-state index in [0.29, 0.717) is 0 Å². The number of aromatic nitrogens is 2. The summed E-state index contributed by atoms with van der Waals surface area (Å²) >= 11 is 0. The van der Waals surface area contributed by atoms with E-state index < -0.39 is 0 Å². The van der Waals surface area contributed by atoms with E-state index in [9.17, 15) is 0 Å². The van der Waals surface area contributed by atoms with Gasteiger partial charge in [-0.25, -0.2) is 4.98 Å². The van der Waals surface area contributed by atoms with Gasteiger partial charge in [-0.15, -0.1) is 0 Å². The van der Waals surface area contributed by atoms with Gasteiger partial charge in [-0.2, -0.15) is 4.98 Å². The van der Waals surface area contributed by atoms with Crippen LogP contribution in [0.4, 0.5) is 11.8 Å². The summed E-state index contributed by atoms with van der Waals surface area (Å²) in [5, 5.41) is 0. The van der Waals surface area contributed by atoms with Gasteiger partial charge in [-0.1, -0.05) is 30.3 Å². The third kappa shape index (κ3) is 4.10. The Morgan fingerprint density at radius 3 is 2.28 bits per heavy atom. The summed E-state index contributed by atoms with van der Waals surface area (Å²) in [5.74, 6) is 1.99. The maximum atomic E-state index is 4.85. The van der Waals surface area contributed by atoms with Crippen molar-refractivity contribution >= 4 is 11.8 Å². The molecule has 0 amide bonds. The summed E-state index contributed by atoms with van der Waals surface area (Å²) in [6.07, 6.45) is 5.81. The van der Waals surface area contributed by atoms with Crippen molar-refractivity contribution in [2.24, 2.45) is 0 Å². The van der Waals surface area contributed by atoms with Crippen LogP contribution < -0.4 is 9.80 Å². The Kier molecular flexibility index (Phi) is 5.11. The number of rotatable bonds is 4. The molecule has 2 fully saturated rings. The molecular formula is C20H27N5. The van der Waals surface area contributed by atoms with Crippen molar-refractivity contribution in [1.82, 2.24) is 14.9 Å². The lowest BCUT2D eigenvalue weighted by atomic mass is 10.1. The maximum Gasteiger partial charge on any atom is 0.227 e. The quantitative estimate of drug-likeness (QED) is 0.857. The van der Waals surface area contributed by atoms with E-state index in [1.165, 1.54) is 24.8 Å². The molecule has 0 radical (unpaired) electrons. The fourth-order valence-corrected chi connectivity index (χ4v) is 3.74. The molecule has 2 saturated heterocycles. The Morgan fingerprint density at radius 1 is 0.760 bits per heavy atom. The van der Waals surface area contributed by atoms with E-state index in [-0.39, 0.29) is 0 Å². The minimum absolute atomic E-state index is 0.891. The molecule has 2 aliphatic heterocycles. The zero-order chi connectivity index (χ0) is 16.9. The van der Waals surface area contributed by atoms with E-state index in [0.717, 1.165) is 57.6 Å². The summed E-state index contributed by atoms with van der Waals surface area (Å²) < 4.78 is 0. The van der Waals surface area contributed by atoms with E-state index in [1.807, 2.05) is 6.20 Å². The predicted molar refractivity (Wildman–Crippen MR) is 102 cm³/mol. The first kappa shape index (κ1) is 16.3. The second-order valence-electron chi connectivity index (χ2n) is 7.01. The SMILES string of the molecule is c1ccc(CN2CCN(c3nccc(N4CCCCC4)n3)CC2)cc1. The molecule has 0 N–H and O–H groups in total. The van der Waals surface area contributed by atoms with Crippen LogP contribution in [0.2, 0.25) is 0 Å². The Balaban J connectivity index is 1.36. The molecule has 25 heavy (non-hydrogen) atoms. The monoisotopic (exact) mass is 337 g/mol. The molecule has 0 unspecified atom stereocenters. The number of piperazine rings is 1. The second-order valence-corrected chi connectivity index (χ2v) is 7.01. The Hall–Kier alpha value is -2.14. The normalized spacial score (nSPS) is 19.2. The number of piperidine rings is 1. The van der Waals surface area contributed by atoms with Gasteiger partial charge in [0.25, 0.3) is 0 Å². The van der Waals surface area contributed by atoms with E-state index in [1.54, 1.807) is 0 Å². The molecular weight excluding hydrogens is 310 g/mol. The fraction of sp³-hybridized carbons (Fsp3) is 0.500. The first-order valence-electron chi connectivity index (χ1n) is 9.48. The molecule has 132 valence electrons. The van der Waals surface area contributed by atoms with Gasteiger partial charge >= 0.3 is 0 Å². The summed E-state index contributed by atoms with van der Waals surface area (Å²) in [6, 6.07) is 12.8. The molecule has 1 aromatic heterocycles. The van der Waals surface area contributed by atoms with Crippen molar-refractivity contribution in [3.8, 4) is 0 Å². The average molecular weight is 337 g/mol. The molecule has 3 heterocycles. The van der Waals surface area contributed by atoms with E-state index >= 15 is 0 Å². The van der Waals surface area contributed by atoms with Gasteiger partial charge in [0, 0.05) is 52.0 Å². The zero-order valence-corrected chi connectivity index (χ0v) is 14.8. The molecule has 0 aliphatic carbocycles. The molecule has 5 nitrogen and oxygen atoms in total. The van der Waals surface area contributed by atoms with Gasteiger partial charge in [-0.3, -0.25) is 4.90 Å². The maximum absolute atomic E-state index is 4.85. The highest BCUT2D eigenvalue weighted by Gasteiger charge is 2.20. The van der Waals surface area contributed by atoms with Gasteiger partial charge < -0.3 is 9.80 Å². The van der Waals surface area contributed by atoms with Crippen LogP contribution in [0, 0.1) is 0 Å². The minimum atomic E-state index is 0.891. The highest BCUT2D eigenvalue weighted by molar-refractivity contribution is 5.44. The minimum Gasteiger partial charge on any atom is -0.356 e. The van der Waals surface area contributed by atoms with Crippen LogP contribution in [0.5, 0.6) is 0 Å². The van der Waals surface area contributed by atoms with Crippen LogP contribution >= 0.6 is 0 Å². The summed E-state index contributed by atoms with van der Waals surface area (Å²) in [5.41, 5.74) is 1.39. The van der Waals surface area contributed by atoms with Gasteiger partial charge in [0.2, 0.25) is 5.95 Å². The van der Waals surface area contributed by atoms with Gasteiger partial charge in [0.1, 0.15) is 5.82 Å². The van der Waals surface area contributed by atoms with Crippen molar-refractivity contribution in [3.05, 3.63) is 48.2 Å². The first-order chi connectivity index (χ1) is 12.4. The fourth-order valence-electron chi connectivity index (χ4n) is 3.74. The molecule has 1 aromatic carbocycles. The summed E-state index contributed by atoms with van der Waals surface area (Å²) in [7, 11) is 0. The molecule has 0 spiro atoms. The number of nitrogens with zero attached hydrogens (tertiary/aromatic N) is 5. The summed E-state index contributed by atoms with van der Waals surface area (Å²) in [4.78, 5) is 16.6. The van der Waals surface area contributed by atoms with Crippen LogP contribution in [0.15, 0.2) is 42.6 Å². The van der Waals surface area contributed by atoms with Crippen molar-refractivity contribution in [2.75, 3.05) is 49.1 Å². The largest absolute Gasteiger partial charge is 0.356 e. The lowest BCUT2D eigenvalue weighted by Crippen LogP contribution is -2.46. The van der Waals surface area contributed by atoms with Gasteiger partial charge in [0.15, 0.2) is 0 Å². The van der Waals surface area contributed by atoms with E-state index in [2.05, 4.69) is 56.1 Å². The van der Waals surface area contributed by atoms with Crippen molar-refractivity contribution in [2.45, 2.75) is 25.8 Å². The topological polar surface area (TPSA) is 35.5 Å². The smallest absolute Gasteiger partial charge is 0.227 e. The lowest BCUT2D eigenvalue weighted by molar-refractivity contribution is 0.248. The number of hydrogen-bond donors (Lipinski definition) is 0. The third-order valence-electron chi connectivity index (χ3n) is 5.21. The van der Waals surface area contributed by atoms with Gasteiger partial charge in [-0.05, 0) is 30.9 Å². The van der Waals surface area contributed by atoms with E-state index in [4.69, 9.17) is 4.98 Å². The Bertz CT molecular complexity index is 661.